The predicted molar refractivity (Wildman–Crippen MR) is 88.5 cm³/mol. The van der Waals surface area contributed by atoms with Crippen molar-refractivity contribution in [2.75, 3.05) is 0 Å². The average Bonchev–Trinajstić information content (AvgIpc) is 2.70. The second-order valence-electron chi connectivity index (χ2n) is 8.89. The number of hydrogen-bond acceptors (Lipinski definition) is 2. The molecule has 2 N–H and O–H groups in total. The van der Waals surface area contributed by atoms with Crippen LogP contribution in [0.25, 0.3) is 0 Å². The molecule has 4 aliphatic rings. The molecule has 0 aromatic carbocycles. The first kappa shape index (κ1) is 15.5. The summed E-state index contributed by atoms with van der Waals surface area (Å²) in [6, 6.07) is 0. The Hall–Kier alpha value is -0.0500. The predicted octanol–water partition coefficient (Wildman–Crippen LogP) is 4.24. The van der Waals surface area contributed by atoms with Crippen molar-refractivity contribution in [3.05, 3.63) is 11.6 Å². The lowest BCUT2D eigenvalue weighted by Gasteiger charge is -2.58. The van der Waals surface area contributed by atoms with Crippen LogP contribution in [-0.2, 0) is 0 Å². The zero-order chi connectivity index (χ0) is 15.8. The van der Waals surface area contributed by atoms with Gasteiger partial charge in [-0.25, -0.2) is 0 Å². The summed E-state index contributed by atoms with van der Waals surface area (Å²) in [6.45, 7) is 4.66. The van der Waals surface area contributed by atoms with Gasteiger partial charge in [-0.05, 0) is 74.5 Å². The lowest BCUT2D eigenvalue weighted by Crippen LogP contribution is -2.53. The molecule has 0 aromatic rings. The Morgan fingerprint density at radius 1 is 1.05 bits per heavy atom. The maximum Gasteiger partial charge on any atom is 0.144 e. The molecule has 3 saturated carbocycles. The fourth-order valence-electron chi connectivity index (χ4n) is 6.67. The molecule has 0 spiro atoms. The van der Waals surface area contributed by atoms with Crippen LogP contribution in [0.1, 0.15) is 65.2 Å². The van der Waals surface area contributed by atoms with Gasteiger partial charge in [0, 0.05) is 5.41 Å². The summed E-state index contributed by atoms with van der Waals surface area (Å²) < 4.78 is 0. The van der Waals surface area contributed by atoms with Crippen molar-refractivity contribution < 1.29 is 10.2 Å². The van der Waals surface area contributed by atoms with E-state index in [0.717, 1.165) is 38.5 Å². The Labute approximate surface area is 138 Å². The van der Waals surface area contributed by atoms with Gasteiger partial charge in [0.15, 0.2) is 0 Å². The van der Waals surface area contributed by atoms with Gasteiger partial charge in [0.1, 0.15) is 5.06 Å². The molecule has 0 amide bonds. The minimum Gasteiger partial charge on any atom is -0.389 e. The Bertz CT molecular complexity index is 514. The summed E-state index contributed by atoms with van der Waals surface area (Å²) in [4.78, 5) is 0. The Morgan fingerprint density at radius 2 is 1.77 bits per heavy atom. The van der Waals surface area contributed by atoms with Gasteiger partial charge in [-0.15, -0.1) is 0 Å². The summed E-state index contributed by atoms with van der Waals surface area (Å²) in [7, 11) is 0. The second-order valence-corrected chi connectivity index (χ2v) is 9.51. The Balaban J connectivity index is 1.68. The number of rotatable bonds is 0. The molecule has 0 aliphatic heterocycles. The molecule has 2 nitrogen and oxygen atoms in total. The van der Waals surface area contributed by atoms with E-state index in [0.29, 0.717) is 17.8 Å². The highest BCUT2D eigenvalue weighted by Gasteiger charge is 2.63. The highest BCUT2D eigenvalue weighted by Crippen LogP contribution is 2.68. The molecule has 3 fully saturated rings. The van der Waals surface area contributed by atoms with Crippen LogP contribution in [0.5, 0.6) is 0 Å². The topological polar surface area (TPSA) is 40.5 Å². The van der Waals surface area contributed by atoms with E-state index in [9.17, 15) is 10.2 Å². The number of fused-ring (bicyclic) bond motifs is 5. The molecule has 3 heteroatoms. The Morgan fingerprint density at radius 3 is 2.55 bits per heavy atom. The van der Waals surface area contributed by atoms with Crippen molar-refractivity contribution in [1.29, 1.82) is 0 Å². The molecule has 2 unspecified atom stereocenters. The van der Waals surface area contributed by atoms with Crippen LogP contribution in [0, 0.1) is 28.6 Å². The SMILES string of the molecule is C[C@]12CCC(O)C=C1CC[C@@H]1[C@H]2CC[C@@]2(C)[C@H]1CCC2(O)Cl. The van der Waals surface area contributed by atoms with Gasteiger partial charge in [-0.2, -0.15) is 0 Å². The number of aliphatic hydroxyl groups excluding tert-OH is 1. The van der Waals surface area contributed by atoms with Crippen LogP contribution in [0.15, 0.2) is 11.6 Å². The van der Waals surface area contributed by atoms with Crippen LogP contribution in [0.4, 0.5) is 0 Å². The molecule has 22 heavy (non-hydrogen) atoms. The zero-order valence-electron chi connectivity index (χ0n) is 13.8. The molecule has 7 atom stereocenters. The van der Waals surface area contributed by atoms with Gasteiger partial charge in [0.05, 0.1) is 6.10 Å². The fourth-order valence-corrected chi connectivity index (χ4v) is 7.01. The van der Waals surface area contributed by atoms with Crippen LogP contribution >= 0.6 is 11.6 Å². The molecular formula is C19H29ClO2. The quantitative estimate of drug-likeness (QED) is 0.517. The first-order valence-corrected chi connectivity index (χ1v) is 9.46. The smallest absolute Gasteiger partial charge is 0.144 e. The van der Waals surface area contributed by atoms with Gasteiger partial charge < -0.3 is 10.2 Å². The van der Waals surface area contributed by atoms with E-state index in [-0.39, 0.29) is 16.9 Å². The van der Waals surface area contributed by atoms with Crippen molar-refractivity contribution >= 4 is 11.6 Å². The van der Waals surface area contributed by atoms with Gasteiger partial charge in [-0.1, -0.05) is 37.1 Å². The summed E-state index contributed by atoms with van der Waals surface area (Å²) in [5.74, 6) is 1.98. The van der Waals surface area contributed by atoms with Gasteiger partial charge >= 0.3 is 0 Å². The molecule has 0 radical (unpaired) electrons. The van der Waals surface area contributed by atoms with E-state index < -0.39 is 5.06 Å². The Kier molecular flexibility index (Phi) is 3.33. The largest absolute Gasteiger partial charge is 0.389 e. The van der Waals surface area contributed by atoms with E-state index in [4.69, 9.17) is 11.6 Å². The van der Waals surface area contributed by atoms with Crippen molar-refractivity contribution in [2.24, 2.45) is 28.6 Å². The van der Waals surface area contributed by atoms with Crippen LogP contribution in [0.3, 0.4) is 0 Å². The molecule has 124 valence electrons. The number of hydrogen-bond donors (Lipinski definition) is 2. The number of aliphatic hydroxyl groups is 2. The average molecular weight is 325 g/mol. The van der Waals surface area contributed by atoms with Crippen molar-refractivity contribution in [3.8, 4) is 0 Å². The second kappa shape index (κ2) is 4.74. The van der Waals surface area contributed by atoms with Crippen molar-refractivity contribution in [3.63, 3.8) is 0 Å². The highest BCUT2D eigenvalue weighted by atomic mass is 35.5. The van der Waals surface area contributed by atoms with Crippen LogP contribution in [0.2, 0.25) is 0 Å². The minimum absolute atomic E-state index is 0.110. The van der Waals surface area contributed by atoms with E-state index in [1.54, 1.807) is 0 Å². The third kappa shape index (κ3) is 1.87. The van der Waals surface area contributed by atoms with Crippen LogP contribution in [-0.4, -0.2) is 21.4 Å². The van der Waals surface area contributed by atoms with Gasteiger partial charge in [-0.3, -0.25) is 0 Å². The lowest BCUT2D eigenvalue weighted by atomic mass is 9.47. The van der Waals surface area contributed by atoms with E-state index in [1.807, 2.05) is 0 Å². The monoisotopic (exact) mass is 324 g/mol. The maximum atomic E-state index is 10.7. The van der Waals surface area contributed by atoms with Gasteiger partial charge in [0.2, 0.25) is 0 Å². The molecule has 4 aliphatic carbocycles. The van der Waals surface area contributed by atoms with E-state index >= 15 is 0 Å². The van der Waals surface area contributed by atoms with Gasteiger partial charge in [0.25, 0.3) is 0 Å². The van der Waals surface area contributed by atoms with E-state index in [2.05, 4.69) is 19.9 Å². The maximum absolute atomic E-state index is 10.7. The molecule has 0 bridgehead atoms. The normalized spacial score (nSPS) is 57.6. The standard InChI is InChI=1S/C19H29ClO2/c1-17-8-5-13(21)11-12(17)3-4-14-15(17)6-9-18(2)16(14)7-10-19(18,20)22/h11,13-16,21-22H,3-10H2,1-2H3/t13?,14-,15-,16+,17+,18+,19?/m1/s1. The lowest BCUT2D eigenvalue weighted by molar-refractivity contribution is -0.0911. The first-order valence-electron chi connectivity index (χ1n) is 9.08. The van der Waals surface area contributed by atoms with Crippen molar-refractivity contribution in [1.82, 2.24) is 0 Å². The molecule has 0 saturated heterocycles. The molecule has 0 aromatic heterocycles. The summed E-state index contributed by atoms with van der Waals surface area (Å²) in [5.41, 5.74) is 1.67. The van der Waals surface area contributed by atoms with Crippen LogP contribution < -0.4 is 0 Å². The number of halogens is 1. The van der Waals surface area contributed by atoms with Crippen molar-refractivity contribution in [2.45, 2.75) is 76.4 Å². The van der Waals surface area contributed by atoms with E-state index in [1.165, 1.54) is 18.4 Å². The fraction of sp³-hybridized carbons (Fsp3) is 0.895. The molecular weight excluding hydrogens is 296 g/mol. The molecule has 0 heterocycles. The third-order valence-electron chi connectivity index (χ3n) is 8.14. The molecule has 4 rings (SSSR count). The summed E-state index contributed by atoms with van der Waals surface area (Å²) >= 11 is 6.52. The third-order valence-corrected chi connectivity index (χ3v) is 8.76. The number of alkyl halides is 1. The zero-order valence-corrected chi connectivity index (χ0v) is 14.6. The summed E-state index contributed by atoms with van der Waals surface area (Å²) in [5, 5.41) is 19.7. The first-order chi connectivity index (χ1) is 10.3. The number of allylic oxidation sites excluding steroid dienone is 1. The minimum atomic E-state index is -0.998. The highest BCUT2D eigenvalue weighted by molar-refractivity contribution is 6.23. The summed E-state index contributed by atoms with van der Waals surface area (Å²) in [6.07, 6.45) is 10.3.